The number of hydrogen-bond acceptors (Lipinski definition) is 2. The van der Waals surface area contributed by atoms with Crippen LogP contribution in [-0.4, -0.2) is 19.3 Å². The Hall–Kier alpha value is -2.81. The molecule has 0 amide bonds. The van der Waals surface area contributed by atoms with Crippen LogP contribution in [0.25, 0.3) is 10.8 Å². The van der Waals surface area contributed by atoms with Crippen molar-refractivity contribution in [2.45, 2.75) is 32.0 Å². The number of fused-ring (bicyclic) bond motifs is 1. The first-order valence-corrected chi connectivity index (χ1v) is 9.97. The van der Waals surface area contributed by atoms with Gasteiger partial charge in [-0.05, 0) is 47.7 Å². The number of rotatable bonds is 3. The van der Waals surface area contributed by atoms with Crippen LogP contribution in [-0.2, 0) is 9.47 Å². The summed E-state index contributed by atoms with van der Waals surface area (Å²) in [6.45, 7) is 3.27. The molecule has 5 heteroatoms. The van der Waals surface area contributed by atoms with Crippen molar-refractivity contribution in [3.63, 3.8) is 0 Å². The van der Waals surface area contributed by atoms with Gasteiger partial charge in [-0.2, -0.15) is 0 Å². The molecular formula is C25H21F3O2. The van der Waals surface area contributed by atoms with E-state index in [1.54, 1.807) is 12.1 Å². The Bertz CT molecular complexity index is 1110. The summed E-state index contributed by atoms with van der Waals surface area (Å²) >= 11 is 0. The van der Waals surface area contributed by atoms with Crippen molar-refractivity contribution in [1.29, 1.82) is 0 Å². The fourth-order valence-electron chi connectivity index (χ4n) is 3.53. The van der Waals surface area contributed by atoms with Gasteiger partial charge in [0.05, 0.1) is 19.3 Å². The first kappa shape index (κ1) is 20.5. The second kappa shape index (κ2) is 8.91. The maximum absolute atomic E-state index is 13.8. The van der Waals surface area contributed by atoms with Crippen LogP contribution in [0.15, 0.2) is 48.5 Å². The molecule has 3 aromatic carbocycles. The molecule has 0 radical (unpaired) electrons. The van der Waals surface area contributed by atoms with Crippen LogP contribution in [0.3, 0.4) is 0 Å². The van der Waals surface area contributed by atoms with Crippen LogP contribution < -0.4 is 0 Å². The molecule has 1 aliphatic rings. The van der Waals surface area contributed by atoms with Gasteiger partial charge >= 0.3 is 0 Å². The average Bonchev–Trinajstić information content (AvgIpc) is 2.77. The van der Waals surface area contributed by atoms with Gasteiger partial charge in [-0.15, -0.1) is 0 Å². The minimum Gasteiger partial charge on any atom is -0.373 e. The minimum atomic E-state index is -1.46. The average molecular weight is 410 g/mol. The van der Waals surface area contributed by atoms with E-state index >= 15 is 0 Å². The highest BCUT2D eigenvalue weighted by molar-refractivity contribution is 5.84. The van der Waals surface area contributed by atoms with E-state index in [0.29, 0.717) is 18.8 Å². The fraction of sp³-hybridized carbons (Fsp3) is 0.280. The number of ether oxygens (including phenoxy) is 2. The van der Waals surface area contributed by atoms with E-state index in [1.807, 2.05) is 24.3 Å². The second-order valence-electron chi connectivity index (χ2n) is 7.36. The molecule has 2 atom stereocenters. The second-order valence-corrected chi connectivity index (χ2v) is 7.36. The van der Waals surface area contributed by atoms with Gasteiger partial charge in [0.15, 0.2) is 17.5 Å². The number of halogens is 3. The summed E-state index contributed by atoms with van der Waals surface area (Å²) in [4.78, 5) is 0. The van der Waals surface area contributed by atoms with E-state index in [9.17, 15) is 13.2 Å². The van der Waals surface area contributed by atoms with E-state index < -0.39 is 17.5 Å². The fourth-order valence-corrected chi connectivity index (χ4v) is 3.53. The van der Waals surface area contributed by atoms with Gasteiger partial charge in [0, 0.05) is 16.5 Å². The molecule has 2 nitrogen and oxygen atoms in total. The van der Waals surface area contributed by atoms with Crippen molar-refractivity contribution in [2.24, 2.45) is 0 Å². The van der Waals surface area contributed by atoms with E-state index in [4.69, 9.17) is 9.47 Å². The normalized spacial score (nSPS) is 18.8. The zero-order chi connectivity index (χ0) is 21.1. The highest BCUT2D eigenvalue weighted by Gasteiger charge is 2.22. The van der Waals surface area contributed by atoms with Crippen LogP contribution >= 0.6 is 0 Å². The van der Waals surface area contributed by atoms with Crippen LogP contribution in [0.5, 0.6) is 0 Å². The Kier molecular flexibility index (Phi) is 6.08. The first-order valence-electron chi connectivity index (χ1n) is 9.97. The molecule has 0 saturated carbocycles. The van der Waals surface area contributed by atoms with Gasteiger partial charge in [0.1, 0.15) is 6.10 Å². The summed E-state index contributed by atoms with van der Waals surface area (Å²) in [5.41, 5.74) is 2.42. The highest BCUT2D eigenvalue weighted by Crippen LogP contribution is 2.25. The molecule has 0 aliphatic carbocycles. The SMILES string of the molecule is CCC[C@@H]1CO[C@@H](c2ccc(C#Cc3ccc4c(F)c(F)c(F)cc4c3)cc2)CO1. The molecule has 1 fully saturated rings. The molecule has 1 saturated heterocycles. The first-order chi connectivity index (χ1) is 14.5. The Morgan fingerprint density at radius 3 is 2.30 bits per heavy atom. The van der Waals surface area contributed by atoms with Gasteiger partial charge in [-0.3, -0.25) is 0 Å². The Morgan fingerprint density at radius 1 is 0.867 bits per heavy atom. The zero-order valence-electron chi connectivity index (χ0n) is 16.6. The third-order valence-electron chi connectivity index (χ3n) is 5.18. The monoisotopic (exact) mass is 410 g/mol. The van der Waals surface area contributed by atoms with E-state index in [-0.39, 0.29) is 23.0 Å². The van der Waals surface area contributed by atoms with Crippen LogP contribution in [0.1, 0.15) is 42.6 Å². The largest absolute Gasteiger partial charge is 0.373 e. The lowest BCUT2D eigenvalue weighted by molar-refractivity contribution is -0.137. The Labute approximate surface area is 173 Å². The van der Waals surface area contributed by atoms with Crippen molar-refractivity contribution in [3.8, 4) is 11.8 Å². The lowest BCUT2D eigenvalue weighted by Crippen LogP contribution is -2.30. The quantitative estimate of drug-likeness (QED) is 0.395. The lowest BCUT2D eigenvalue weighted by Gasteiger charge is -2.29. The van der Waals surface area contributed by atoms with Crippen LogP contribution in [0.4, 0.5) is 13.2 Å². The van der Waals surface area contributed by atoms with E-state index in [2.05, 4.69) is 18.8 Å². The van der Waals surface area contributed by atoms with Crippen molar-refractivity contribution >= 4 is 10.8 Å². The Balaban J connectivity index is 1.47. The summed E-state index contributed by atoms with van der Waals surface area (Å²) in [6, 6.07) is 13.3. The molecule has 0 N–H and O–H groups in total. The molecular weight excluding hydrogens is 389 g/mol. The highest BCUT2D eigenvalue weighted by atomic mass is 19.2. The maximum atomic E-state index is 13.8. The van der Waals surface area contributed by atoms with Crippen LogP contribution in [0, 0.1) is 29.3 Å². The van der Waals surface area contributed by atoms with E-state index in [0.717, 1.165) is 30.0 Å². The molecule has 0 unspecified atom stereocenters. The third-order valence-corrected chi connectivity index (χ3v) is 5.18. The molecule has 30 heavy (non-hydrogen) atoms. The number of benzene rings is 3. The lowest BCUT2D eigenvalue weighted by atomic mass is 10.0. The molecule has 1 heterocycles. The van der Waals surface area contributed by atoms with Crippen molar-refractivity contribution in [3.05, 3.63) is 82.7 Å². The van der Waals surface area contributed by atoms with Crippen molar-refractivity contribution < 1.29 is 22.6 Å². The smallest absolute Gasteiger partial charge is 0.195 e. The van der Waals surface area contributed by atoms with Gasteiger partial charge < -0.3 is 9.47 Å². The van der Waals surface area contributed by atoms with Gasteiger partial charge in [0.2, 0.25) is 0 Å². The summed E-state index contributed by atoms with van der Waals surface area (Å²) < 4.78 is 52.4. The topological polar surface area (TPSA) is 18.5 Å². The standard InChI is InChI=1S/C25H21F3O2/c1-2-3-20-14-30-23(15-29-20)18-9-6-16(7-10-18)4-5-17-8-11-21-19(12-17)13-22(26)25(28)24(21)27/h6-13,20,23H,2-3,14-15H2,1H3/t20-,23-/m1/s1. The van der Waals surface area contributed by atoms with Crippen molar-refractivity contribution in [2.75, 3.05) is 13.2 Å². The van der Waals surface area contributed by atoms with Crippen LogP contribution in [0.2, 0.25) is 0 Å². The Morgan fingerprint density at radius 2 is 1.60 bits per heavy atom. The summed E-state index contributed by atoms with van der Waals surface area (Å²) in [5.74, 6) is 2.16. The molecule has 4 rings (SSSR count). The molecule has 1 aliphatic heterocycles. The predicted octanol–water partition coefficient (Wildman–Crippen LogP) is 5.91. The molecule has 154 valence electrons. The summed E-state index contributed by atoms with van der Waals surface area (Å²) in [5, 5.41) is 0.295. The summed E-state index contributed by atoms with van der Waals surface area (Å²) in [6.07, 6.45) is 2.18. The van der Waals surface area contributed by atoms with Gasteiger partial charge in [-0.1, -0.05) is 43.4 Å². The molecule has 0 aromatic heterocycles. The zero-order valence-corrected chi connectivity index (χ0v) is 16.6. The summed E-state index contributed by atoms with van der Waals surface area (Å²) in [7, 11) is 0. The van der Waals surface area contributed by atoms with Gasteiger partial charge in [0.25, 0.3) is 0 Å². The van der Waals surface area contributed by atoms with Crippen molar-refractivity contribution in [1.82, 2.24) is 0 Å². The maximum Gasteiger partial charge on any atom is 0.195 e. The number of hydrogen-bond donors (Lipinski definition) is 0. The van der Waals surface area contributed by atoms with Gasteiger partial charge in [-0.25, -0.2) is 13.2 Å². The molecule has 0 spiro atoms. The van der Waals surface area contributed by atoms with E-state index in [1.165, 1.54) is 6.07 Å². The minimum absolute atomic E-state index is 0.0275. The predicted molar refractivity (Wildman–Crippen MR) is 110 cm³/mol. The molecule has 0 bridgehead atoms. The molecule has 3 aromatic rings. The third kappa shape index (κ3) is 4.35.